The van der Waals surface area contributed by atoms with E-state index < -0.39 is 5.60 Å². The van der Waals surface area contributed by atoms with Crippen LogP contribution in [0.15, 0.2) is 17.3 Å². The molecule has 7 nitrogen and oxygen atoms in total. The van der Waals surface area contributed by atoms with Gasteiger partial charge in [0, 0.05) is 18.7 Å². The first-order valence-corrected chi connectivity index (χ1v) is 10.8. The summed E-state index contributed by atoms with van der Waals surface area (Å²) in [5.74, 6) is 1.20. The van der Waals surface area contributed by atoms with Crippen molar-refractivity contribution in [3.05, 3.63) is 34.5 Å². The van der Waals surface area contributed by atoms with Crippen molar-refractivity contribution < 1.29 is 14.3 Å². The van der Waals surface area contributed by atoms with Gasteiger partial charge < -0.3 is 20.1 Å². The van der Waals surface area contributed by atoms with Crippen molar-refractivity contribution in [1.29, 1.82) is 0 Å². The number of ether oxygens (including phenoxy) is 2. The Kier molecular flexibility index (Phi) is 5.93. The number of amides is 1. The minimum Gasteiger partial charge on any atom is -0.444 e. The quantitative estimate of drug-likeness (QED) is 0.448. The molecule has 0 saturated heterocycles. The van der Waals surface area contributed by atoms with Crippen molar-refractivity contribution in [2.24, 2.45) is 0 Å². The molecule has 2 N–H and O–H groups in total. The van der Waals surface area contributed by atoms with Gasteiger partial charge in [-0.1, -0.05) is 11.8 Å². The minimum atomic E-state index is -0.548. The molecule has 1 aromatic carbocycles. The summed E-state index contributed by atoms with van der Waals surface area (Å²) in [5, 5.41) is 0.648. The molecule has 0 bridgehead atoms. The van der Waals surface area contributed by atoms with Crippen LogP contribution >= 0.6 is 11.8 Å². The van der Waals surface area contributed by atoms with E-state index in [0.717, 1.165) is 28.1 Å². The molecule has 1 aliphatic heterocycles. The summed E-state index contributed by atoms with van der Waals surface area (Å²) in [5.41, 5.74) is 9.67. The Labute approximate surface area is 176 Å². The lowest BCUT2D eigenvalue weighted by atomic mass is 10.1. The summed E-state index contributed by atoms with van der Waals surface area (Å²) >= 11 is 1.46. The Morgan fingerprint density at radius 2 is 1.86 bits per heavy atom. The average Bonchev–Trinajstić information content (AvgIpc) is 2.62. The molecule has 156 valence electrons. The molecule has 1 amide bonds. The average molecular weight is 417 g/mol. The molecule has 29 heavy (non-hydrogen) atoms. The minimum absolute atomic E-state index is 0.345. The molecule has 2 heterocycles. The Bertz CT molecular complexity index is 917. The summed E-state index contributed by atoms with van der Waals surface area (Å²) in [7, 11) is 0. The molecule has 0 spiro atoms. The fraction of sp³-hybridized carbons (Fsp3) is 0.476. The lowest BCUT2D eigenvalue weighted by Gasteiger charge is -2.31. The first kappa shape index (κ1) is 21.2. The van der Waals surface area contributed by atoms with Gasteiger partial charge in [0.2, 0.25) is 5.88 Å². The molecule has 1 aliphatic rings. The van der Waals surface area contributed by atoms with Crippen molar-refractivity contribution in [2.75, 3.05) is 18.5 Å². The number of aromatic nitrogens is 2. The van der Waals surface area contributed by atoms with Crippen LogP contribution in [0.4, 0.5) is 10.5 Å². The predicted octanol–water partition coefficient (Wildman–Crippen LogP) is 4.48. The summed E-state index contributed by atoms with van der Waals surface area (Å²) in [6.07, 6.45) is 2.21. The largest absolute Gasteiger partial charge is 0.444 e. The lowest BCUT2D eigenvalue weighted by Crippen LogP contribution is -2.40. The fourth-order valence-corrected chi connectivity index (χ4v) is 3.64. The molecule has 0 fully saturated rings. The van der Waals surface area contributed by atoms with E-state index in [9.17, 15) is 4.79 Å². The maximum atomic E-state index is 12.6. The van der Waals surface area contributed by atoms with Gasteiger partial charge in [0.15, 0.2) is 5.16 Å². The van der Waals surface area contributed by atoms with Gasteiger partial charge in [-0.2, -0.15) is 4.98 Å². The van der Waals surface area contributed by atoms with Gasteiger partial charge in [0.25, 0.3) is 0 Å². The number of rotatable bonds is 3. The fourth-order valence-electron chi connectivity index (χ4n) is 3.26. The van der Waals surface area contributed by atoms with Crippen LogP contribution in [-0.2, 0) is 17.7 Å². The first-order chi connectivity index (χ1) is 13.6. The van der Waals surface area contributed by atoms with Crippen molar-refractivity contribution in [3.63, 3.8) is 0 Å². The summed E-state index contributed by atoms with van der Waals surface area (Å²) in [6, 6.07) is 3.75. The van der Waals surface area contributed by atoms with Crippen molar-refractivity contribution in [2.45, 2.75) is 58.3 Å². The smallest absolute Gasteiger partial charge is 0.410 e. The molecule has 3 rings (SSSR count). The number of benzene rings is 1. The van der Waals surface area contributed by atoms with E-state index in [4.69, 9.17) is 15.2 Å². The molecule has 0 unspecified atom stereocenters. The van der Waals surface area contributed by atoms with E-state index in [1.165, 1.54) is 11.8 Å². The van der Waals surface area contributed by atoms with Crippen LogP contribution in [0.2, 0.25) is 0 Å². The maximum Gasteiger partial charge on any atom is 0.410 e. The van der Waals surface area contributed by atoms with Crippen LogP contribution in [0, 0.1) is 13.8 Å². The molecule has 2 aromatic rings. The second kappa shape index (κ2) is 8.10. The van der Waals surface area contributed by atoms with Crippen LogP contribution in [-0.4, -0.2) is 39.4 Å². The molecule has 0 saturated carbocycles. The van der Waals surface area contributed by atoms with Gasteiger partial charge >= 0.3 is 6.09 Å². The predicted molar refractivity (Wildman–Crippen MR) is 115 cm³/mol. The molecule has 0 atom stereocenters. The standard InChI is InChI=1S/C21H28N4O3S/c1-12-9-14(22)10-13(2)17(12)27-18-15-11-25(20(26)28-21(3,4)5)8-7-16(15)23-19(24-18)29-6/h9-10H,7-8,11,22H2,1-6H3. The monoisotopic (exact) mass is 416 g/mol. The lowest BCUT2D eigenvalue weighted by molar-refractivity contribution is 0.0221. The number of nitrogens with zero attached hydrogens (tertiary/aromatic N) is 3. The van der Waals surface area contributed by atoms with Crippen molar-refractivity contribution >= 4 is 23.5 Å². The van der Waals surface area contributed by atoms with Crippen LogP contribution in [0.5, 0.6) is 11.6 Å². The van der Waals surface area contributed by atoms with Gasteiger partial charge in [-0.3, -0.25) is 0 Å². The second-order valence-electron chi connectivity index (χ2n) is 8.18. The Morgan fingerprint density at radius 3 is 2.45 bits per heavy atom. The highest BCUT2D eigenvalue weighted by Crippen LogP contribution is 2.35. The van der Waals surface area contributed by atoms with Crippen LogP contribution in [0.25, 0.3) is 0 Å². The van der Waals surface area contributed by atoms with Gasteiger partial charge in [-0.25, -0.2) is 9.78 Å². The molecule has 8 heteroatoms. The van der Waals surface area contributed by atoms with Gasteiger partial charge in [-0.15, -0.1) is 0 Å². The normalized spacial score (nSPS) is 13.8. The molecule has 0 aliphatic carbocycles. The van der Waals surface area contributed by atoms with Crippen LogP contribution in [0.3, 0.4) is 0 Å². The number of thioether (sulfide) groups is 1. The van der Waals surface area contributed by atoms with E-state index >= 15 is 0 Å². The van der Waals surface area contributed by atoms with E-state index in [0.29, 0.717) is 36.2 Å². The number of anilines is 1. The summed E-state index contributed by atoms with van der Waals surface area (Å²) in [4.78, 5) is 23.5. The third-order valence-corrected chi connectivity index (χ3v) is 5.07. The van der Waals surface area contributed by atoms with Crippen LogP contribution < -0.4 is 10.5 Å². The topological polar surface area (TPSA) is 90.6 Å². The number of carbonyl (C=O) groups excluding carboxylic acids is 1. The van der Waals surface area contributed by atoms with E-state index in [2.05, 4.69) is 9.97 Å². The van der Waals surface area contributed by atoms with E-state index in [1.807, 2.05) is 53.0 Å². The Hall–Kier alpha value is -2.48. The SMILES string of the molecule is CSc1nc2c(c(Oc3c(C)cc(N)cc3C)n1)CN(C(=O)OC(C)(C)C)CC2. The number of carbonyl (C=O) groups is 1. The second-order valence-corrected chi connectivity index (χ2v) is 8.95. The zero-order valence-electron chi connectivity index (χ0n) is 17.8. The number of hydrogen-bond acceptors (Lipinski definition) is 7. The highest BCUT2D eigenvalue weighted by atomic mass is 32.2. The highest BCUT2D eigenvalue weighted by Gasteiger charge is 2.29. The number of hydrogen-bond donors (Lipinski definition) is 1. The van der Waals surface area contributed by atoms with Crippen LogP contribution in [0.1, 0.15) is 43.2 Å². The summed E-state index contributed by atoms with van der Waals surface area (Å²) in [6.45, 7) is 10.4. The molecule has 1 aromatic heterocycles. The van der Waals surface area contributed by atoms with Gasteiger partial charge in [-0.05, 0) is 64.1 Å². The van der Waals surface area contributed by atoms with Crippen molar-refractivity contribution in [1.82, 2.24) is 14.9 Å². The number of nitrogens with two attached hydrogens (primary N) is 1. The first-order valence-electron chi connectivity index (χ1n) is 9.53. The third-order valence-electron chi connectivity index (χ3n) is 4.52. The van der Waals surface area contributed by atoms with Gasteiger partial charge in [0.05, 0.1) is 17.8 Å². The van der Waals surface area contributed by atoms with Crippen molar-refractivity contribution in [3.8, 4) is 11.6 Å². The highest BCUT2D eigenvalue weighted by molar-refractivity contribution is 7.98. The number of aryl methyl sites for hydroxylation is 2. The Balaban J connectivity index is 1.96. The molecule has 0 radical (unpaired) electrons. The zero-order chi connectivity index (χ0) is 21.3. The van der Waals surface area contributed by atoms with Gasteiger partial charge in [0.1, 0.15) is 11.4 Å². The maximum absolute atomic E-state index is 12.6. The zero-order valence-corrected chi connectivity index (χ0v) is 18.6. The summed E-state index contributed by atoms with van der Waals surface area (Å²) < 4.78 is 11.8. The van der Waals surface area contributed by atoms with E-state index in [1.54, 1.807) is 4.90 Å². The molecular formula is C21H28N4O3S. The molecular weight excluding hydrogens is 388 g/mol. The Morgan fingerprint density at radius 1 is 1.21 bits per heavy atom. The number of fused-ring (bicyclic) bond motifs is 1. The number of nitrogen functional groups attached to an aromatic ring is 1. The third kappa shape index (κ3) is 4.93. The van der Waals surface area contributed by atoms with E-state index in [-0.39, 0.29) is 6.09 Å².